The normalized spacial score (nSPS) is 10.6. The van der Waals surface area contributed by atoms with Crippen molar-refractivity contribution in [3.63, 3.8) is 0 Å². The van der Waals surface area contributed by atoms with Gasteiger partial charge in [-0.2, -0.15) is 0 Å². The molecule has 0 fully saturated rings. The molecule has 0 saturated carbocycles. The predicted molar refractivity (Wildman–Crippen MR) is 52.9 cm³/mol. The fourth-order valence-corrected chi connectivity index (χ4v) is 2.24. The Labute approximate surface area is 91.1 Å². The number of halogens is 1. The van der Waals surface area contributed by atoms with Gasteiger partial charge in [0, 0.05) is 6.92 Å². The second kappa shape index (κ2) is 4.34. The van der Waals surface area contributed by atoms with Crippen molar-refractivity contribution < 1.29 is 22.4 Å². The van der Waals surface area contributed by atoms with Gasteiger partial charge in [-0.05, 0) is 24.3 Å². The molecule has 0 atom stereocenters. The zero-order valence-electron chi connectivity index (χ0n) is 8.21. The summed E-state index contributed by atoms with van der Waals surface area (Å²) in [6.07, 6.45) is 0. The first kappa shape index (κ1) is 12.2. The lowest BCUT2D eigenvalue weighted by molar-refractivity contribution is -0.114. The number of hydrogen-bond acceptors (Lipinski definition) is 3. The molecule has 0 N–H and O–H groups in total. The number of benzene rings is 1. The lowest BCUT2D eigenvalue weighted by Crippen LogP contribution is -2.23. The summed E-state index contributed by atoms with van der Waals surface area (Å²) in [5.74, 6) is -1.50. The molecule has 1 aromatic rings. The van der Waals surface area contributed by atoms with Crippen molar-refractivity contribution in [1.29, 1.82) is 0 Å². The molecule has 0 saturated heterocycles. The molecule has 1 rings (SSSR count). The van der Waals surface area contributed by atoms with Crippen LogP contribution in [0.5, 0.6) is 0 Å². The van der Waals surface area contributed by atoms with E-state index in [0.29, 0.717) is 0 Å². The first-order valence-electron chi connectivity index (χ1n) is 4.13. The van der Waals surface area contributed by atoms with Gasteiger partial charge in [-0.25, -0.2) is 12.8 Å². The molecule has 84 valence electrons. The zero-order valence-corrected chi connectivity index (χ0v) is 9.03. The zero-order chi connectivity index (χ0) is 12.3. The van der Waals surface area contributed by atoms with Crippen LogP contribution in [0.15, 0.2) is 29.2 Å². The van der Waals surface area contributed by atoms with Crippen LogP contribution in [-0.2, 0) is 14.6 Å². The van der Waals surface area contributed by atoms with Crippen LogP contribution in [0.2, 0.25) is 0 Å². The van der Waals surface area contributed by atoms with Gasteiger partial charge in [0.1, 0.15) is 5.82 Å². The third-order valence-corrected chi connectivity index (χ3v) is 3.54. The topological polar surface area (TPSA) is 87.6 Å². The molecule has 0 amide bonds. The molecule has 0 aliphatic heterocycles. The van der Waals surface area contributed by atoms with Crippen LogP contribution >= 0.6 is 0 Å². The maximum Gasteiger partial charge on any atom is 0.451 e. The quantitative estimate of drug-likeness (QED) is 0.253. The molecule has 0 radical (unpaired) electrons. The predicted octanol–water partition coefficient (Wildman–Crippen LogP) is 0.817. The van der Waals surface area contributed by atoms with E-state index in [1.807, 2.05) is 0 Å². The van der Waals surface area contributed by atoms with Crippen LogP contribution in [0.4, 0.5) is 4.39 Å². The summed E-state index contributed by atoms with van der Waals surface area (Å²) >= 11 is 0. The van der Waals surface area contributed by atoms with Gasteiger partial charge in [-0.15, -0.1) is 4.79 Å². The number of rotatable bonds is 2. The Morgan fingerprint density at radius 3 is 2.19 bits per heavy atom. The molecule has 0 heterocycles. The summed E-state index contributed by atoms with van der Waals surface area (Å²) in [5.41, 5.74) is 8.46. The first-order valence-corrected chi connectivity index (χ1v) is 5.61. The van der Waals surface area contributed by atoms with E-state index < -0.39 is 26.5 Å². The number of ketones is 1. The SMILES string of the molecule is CC(=O)C(=[N+]=[N-])S(=O)(=O)c1ccc(F)cc1. The summed E-state index contributed by atoms with van der Waals surface area (Å²) in [6, 6.07) is 3.83. The molecule has 0 bridgehead atoms. The average molecular weight is 242 g/mol. The molecule has 0 unspecified atom stereocenters. The van der Waals surface area contributed by atoms with Crippen LogP contribution in [0.3, 0.4) is 0 Å². The van der Waals surface area contributed by atoms with Gasteiger partial charge in [-0.3, -0.25) is 4.79 Å². The van der Waals surface area contributed by atoms with Crippen LogP contribution < -0.4 is 0 Å². The Balaban J connectivity index is 3.38. The molecule has 7 heteroatoms. The number of hydrogen-bond donors (Lipinski definition) is 0. The Morgan fingerprint density at radius 2 is 1.81 bits per heavy atom. The summed E-state index contributed by atoms with van der Waals surface area (Å²) in [5, 5.41) is -0.973. The molecule has 0 aliphatic rings. The van der Waals surface area contributed by atoms with E-state index >= 15 is 0 Å². The lowest BCUT2D eigenvalue weighted by Gasteiger charge is -1.97. The Kier molecular flexibility index (Phi) is 3.31. The third kappa shape index (κ3) is 2.21. The molecule has 16 heavy (non-hydrogen) atoms. The van der Waals surface area contributed by atoms with E-state index in [1.165, 1.54) is 0 Å². The highest BCUT2D eigenvalue weighted by molar-refractivity contribution is 8.08. The van der Waals surface area contributed by atoms with E-state index in [9.17, 15) is 17.6 Å². The van der Waals surface area contributed by atoms with Crippen molar-refractivity contribution in [2.45, 2.75) is 11.8 Å². The molecule has 1 aromatic carbocycles. The maximum atomic E-state index is 12.6. The van der Waals surface area contributed by atoms with Gasteiger partial charge < -0.3 is 5.53 Å². The largest absolute Gasteiger partial charge is 0.451 e. The monoisotopic (exact) mass is 242 g/mol. The summed E-state index contributed by atoms with van der Waals surface area (Å²) in [7, 11) is -4.18. The number of sulfone groups is 1. The first-order chi connectivity index (χ1) is 7.39. The average Bonchev–Trinajstić information content (AvgIpc) is 2.18. The van der Waals surface area contributed by atoms with Gasteiger partial charge in [-0.1, -0.05) is 0 Å². The van der Waals surface area contributed by atoms with Crippen molar-refractivity contribution in [3.8, 4) is 0 Å². The number of carbonyl (C=O) groups excluding carboxylic acids is 1. The molecule has 0 aliphatic carbocycles. The van der Waals surface area contributed by atoms with Crippen molar-refractivity contribution in [3.05, 3.63) is 35.6 Å². The standard InChI is InChI=1S/C9H7FN2O3S/c1-6(13)9(12-11)16(14,15)8-4-2-7(10)3-5-8/h2-5H,1H3. The maximum absolute atomic E-state index is 12.6. The van der Waals surface area contributed by atoms with E-state index in [0.717, 1.165) is 31.2 Å². The Hall–Kier alpha value is -1.85. The second-order valence-corrected chi connectivity index (χ2v) is 4.78. The molecule has 0 aromatic heterocycles. The second-order valence-electron chi connectivity index (χ2n) is 2.92. The van der Waals surface area contributed by atoms with Gasteiger partial charge in [0.25, 0.3) is 15.6 Å². The molecular formula is C9H7FN2O3S. The highest BCUT2D eigenvalue weighted by Gasteiger charge is 2.34. The fraction of sp³-hybridized carbons (Fsp3) is 0.111. The number of Topliss-reactive ketones (excluding diaryl/α,β-unsaturated/α-hetero) is 1. The van der Waals surface area contributed by atoms with Crippen molar-refractivity contribution in [1.82, 2.24) is 0 Å². The summed E-state index contributed by atoms with van der Waals surface area (Å²) in [4.78, 5) is 13.1. The highest BCUT2D eigenvalue weighted by atomic mass is 32.2. The smallest absolute Gasteiger partial charge is 0.360 e. The van der Waals surface area contributed by atoms with Crippen LogP contribution in [0.25, 0.3) is 5.53 Å². The fourth-order valence-electron chi connectivity index (χ4n) is 1.04. The molecule has 0 spiro atoms. The number of carbonyl (C=O) groups is 1. The minimum Gasteiger partial charge on any atom is -0.360 e. The summed E-state index contributed by atoms with van der Waals surface area (Å²) in [6.45, 7) is 0.954. The van der Waals surface area contributed by atoms with Crippen LogP contribution in [0.1, 0.15) is 6.92 Å². The van der Waals surface area contributed by atoms with E-state index in [2.05, 4.69) is 4.79 Å². The number of nitrogens with zero attached hydrogens (tertiary/aromatic N) is 2. The third-order valence-electron chi connectivity index (χ3n) is 1.77. The summed E-state index contributed by atoms with van der Waals surface area (Å²) < 4.78 is 35.9. The van der Waals surface area contributed by atoms with Gasteiger partial charge in [0.15, 0.2) is 0 Å². The lowest BCUT2D eigenvalue weighted by atomic mass is 10.4. The van der Waals surface area contributed by atoms with Crippen molar-refractivity contribution in [2.24, 2.45) is 0 Å². The van der Waals surface area contributed by atoms with E-state index in [4.69, 9.17) is 5.53 Å². The van der Waals surface area contributed by atoms with Gasteiger partial charge in [0.05, 0.1) is 4.90 Å². The molecular weight excluding hydrogens is 235 g/mol. The Morgan fingerprint density at radius 1 is 1.31 bits per heavy atom. The van der Waals surface area contributed by atoms with Gasteiger partial charge in [0.2, 0.25) is 0 Å². The highest BCUT2D eigenvalue weighted by Crippen LogP contribution is 2.12. The molecule has 5 nitrogen and oxygen atoms in total. The Bertz CT molecular complexity index is 571. The van der Waals surface area contributed by atoms with Crippen molar-refractivity contribution >= 4 is 20.7 Å². The van der Waals surface area contributed by atoms with Crippen LogP contribution in [-0.4, -0.2) is 24.0 Å². The van der Waals surface area contributed by atoms with Crippen molar-refractivity contribution in [2.75, 3.05) is 0 Å². The van der Waals surface area contributed by atoms with Gasteiger partial charge >= 0.3 is 5.04 Å². The minimum absolute atomic E-state index is 0.308. The van der Waals surface area contributed by atoms with E-state index in [1.54, 1.807) is 0 Å². The minimum atomic E-state index is -4.18. The van der Waals surface area contributed by atoms with E-state index in [-0.39, 0.29) is 4.90 Å². The van der Waals surface area contributed by atoms with Crippen LogP contribution in [0, 0.1) is 5.82 Å².